The van der Waals surface area contributed by atoms with Crippen molar-refractivity contribution in [1.82, 2.24) is 4.98 Å². The van der Waals surface area contributed by atoms with Crippen molar-refractivity contribution in [2.75, 3.05) is 0 Å². The van der Waals surface area contributed by atoms with Crippen LogP contribution >= 0.6 is 0 Å². The first-order valence-electron chi connectivity index (χ1n) is 4.75. The quantitative estimate of drug-likeness (QED) is 0.776. The van der Waals surface area contributed by atoms with Gasteiger partial charge in [-0.1, -0.05) is 17.7 Å². The summed E-state index contributed by atoms with van der Waals surface area (Å²) in [5, 5.41) is 9.93. The first-order chi connectivity index (χ1) is 7.18. The van der Waals surface area contributed by atoms with Gasteiger partial charge in [-0.15, -0.1) is 0 Å². The van der Waals surface area contributed by atoms with Crippen LogP contribution in [0.3, 0.4) is 0 Å². The molecule has 0 radical (unpaired) electrons. The first kappa shape index (κ1) is 9.93. The first-order valence-corrected chi connectivity index (χ1v) is 4.75. The van der Waals surface area contributed by atoms with Gasteiger partial charge in [-0.25, -0.2) is 4.39 Å². The molecule has 1 heterocycles. The van der Waals surface area contributed by atoms with Gasteiger partial charge in [0, 0.05) is 23.5 Å². The van der Waals surface area contributed by atoms with E-state index in [0.29, 0.717) is 11.1 Å². The number of benzene rings is 1. The van der Waals surface area contributed by atoms with Crippen LogP contribution in [0.15, 0.2) is 36.7 Å². The highest BCUT2D eigenvalue weighted by Crippen LogP contribution is 2.24. The normalized spacial score (nSPS) is 12.7. The van der Waals surface area contributed by atoms with Gasteiger partial charge in [-0.05, 0) is 19.1 Å². The van der Waals surface area contributed by atoms with Gasteiger partial charge in [-0.2, -0.15) is 0 Å². The van der Waals surface area contributed by atoms with Gasteiger partial charge in [0.25, 0.3) is 0 Å². The number of halogens is 1. The van der Waals surface area contributed by atoms with Crippen LogP contribution < -0.4 is 0 Å². The fraction of sp³-hybridized carbons (Fsp3) is 0.167. The molecule has 0 bridgehead atoms. The third-order valence-corrected chi connectivity index (χ3v) is 2.38. The summed E-state index contributed by atoms with van der Waals surface area (Å²) >= 11 is 0. The van der Waals surface area contributed by atoms with Crippen molar-refractivity contribution in [3.05, 3.63) is 59.2 Å². The summed E-state index contributed by atoms with van der Waals surface area (Å²) in [4.78, 5) is 2.83. The Bertz CT molecular complexity index is 451. The summed E-state index contributed by atoms with van der Waals surface area (Å²) in [5.74, 6) is -0.380. The van der Waals surface area contributed by atoms with E-state index in [4.69, 9.17) is 0 Å². The lowest BCUT2D eigenvalue weighted by Crippen LogP contribution is -2.01. The van der Waals surface area contributed by atoms with Crippen molar-refractivity contribution in [2.24, 2.45) is 0 Å². The van der Waals surface area contributed by atoms with Crippen LogP contribution in [0.1, 0.15) is 22.8 Å². The van der Waals surface area contributed by atoms with Crippen molar-refractivity contribution in [2.45, 2.75) is 13.0 Å². The SMILES string of the molecule is Cc1ccc(F)c(C(O)c2cc[nH]c2)c1. The van der Waals surface area contributed by atoms with Crippen LogP contribution in [0.2, 0.25) is 0 Å². The number of nitrogens with one attached hydrogen (secondary N) is 1. The van der Waals surface area contributed by atoms with E-state index >= 15 is 0 Å². The van der Waals surface area contributed by atoms with Crippen LogP contribution in [0.4, 0.5) is 4.39 Å². The molecular weight excluding hydrogens is 193 g/mol. The minimum absolute atomic E-state index is 0.314. The number of aliphatic hydroxyl groups is 1. The van der Waals surface area contributed by atoms with E-state index in [1.54, 1.807) is 30.6 Å². The molecule has 2 rings (SSSR count). The van der Waals surface area contributed by atoms with Crippen molar-refractivity contribution in [1.29, 1.82) is 0 Å². The molecule has 0 saturated heterocycles. The second kappa shape index (κ2) is 3.87. The van der Waals surface area contributed by atoms with Gasteiger partial charge in [0.05, 0.1) is 0 Å². The topological polar surface area (TPSA) is 36.0 Å². The maximum atomic E-state index is 13.4. The zero-order valence-electron chi connectivity index (χ0n) is 8.37. The largest absolute Gasteiger partial charge is 0.383 e. The predicted octanol–water partition coefficient (Wildman–Crippen LogP) is 2.54. The Morgan fingerprint density at radius 1 is 1.33 bits per heavy atom. The molecule has 0 amide bonds. The molecule has 1 atom stereocenters. The maximum absolute atomic E-state index is 13.4. The van der Waals surface area contributed by atoms with E-state index < -0.39 is 6.10 Å². The molecule has 3 heteroatoms. The Kier molecular flexibility index (Phi) is 2.56. The molecule has 2 N–H and O–H groups in total. The fourth-order valence-corrected chi connectivity index (χ4v) is 1.56. The Morgan fingerprint density at radius 2 is 2.13 bits per heavy atom. The van der Waals surface area contributed by atoms with E-state index in [-0.39, 0.29) is 5.82 Å². The van der Waals surface area contributed by atoms with E-state index in [9.17, 15) is 9.50 Å². The minimum atomic E-state index is -0.906. The van der Waals surface area contributed by atoms with Gasteiger partial charge in [0.15, 0.2) is 0 Å². The smallest absolute Gasteiger partial charge is 0.129 e. The molecule has 0 aliphatic heterocycles. The molecule has 0 aliphatic carbocycles. The summed E-state index contributed by atoms with van der Waals surface area (Å²) in [6, 6.07) is 6.45. The van der Waals surface area contributed by atoms with E-state index in [1.807, 2.05) is 6.92 Å². The number of hydrogen-bond acceptors (Lipinski definition) is 1. The summed E-state index contributed by atoms with van der Waals surface area (Å²) in [5.41, 5.74) is 1.91. The lowest BCUT2D eigenvalue weighted by Gasteiger charge is -2.11. The number of aromatic nitrogens is 1. The lowest BCUT2D eigenvalue weighted by molar-refractivity contribution is 0.215. The highest BCUT2D eigenvalue weighted by molar-refractivity contribution is 5.32. The molecule has 15 heavy (non-hydrogen) atoms. The van der Waals surface area contributed by atoms with Crippen molar-refractivity contribution in [3.63, 3.8) is 0 Å². The average molecular weight is 205 g/mol. The summed E-state index contributed by atoms with van der Waals surface area (Å²) in [7, 11) is 0. The zero-order valence-corrected chi connectivity index (χ0v) is 8.37. The number of H-pyrrole nitrogens is 1. The Labute approximate surface area is 87.4 Å². The van der Waals surface area contributed by atoms with Crippen LogP contribution in [0.5, 0.6) is 0 Å². The Hall–Kier alpha value is -1.61. The molecule has 0 saturated carbocycles. The third-order valence-electron chi connectivity index (χ3n) is 2.38. The molecule has 0 fully saturated rings. The van der Waals surface area contributed by atoms with Crippen LogP contribution in [-0.2, 0) is 0 Å². The van der Waals surface area contributed by atoms with Gasteiger partial charge in [-0.3, -0.25) is 0 Å². The fourth-order valence-electron chi connectivity index (χ4n) is 1.56. The van der Waals surface area contributed by atoms with Crippen molar-refractivity contribution < 1.29 is 9.50 Å². The van der Waals surface area contributed by atoms with Gasteiger partial charge in [0.2, 0.25) is 0 Å². The van der Waals surface area contributed by atoms with Crippen LogP contribution in [0, 0.1) is 12.7 Å². The zero-order chi connectivity index (χ0) is 10.8. The molecule has 1 aromatic carbocycles. The highest BCUT2D eigenvalue weighted by Gasteiger charge is 2.15. The van der Waals surface area contributed by atoms with Crippen LogP contribution in [0.25, 0.3) is 0 Å². The van der Waals surface area contributed by atoms with E-state index in [0.717, 1.165) is 5.56 Å². The molecule has 2 nitrogen and oxygen atoms in total. The van der Waals surface area contributed by atoms with E-state index in [1.165, 1.54) is 6.07 Å². The molecule has 2 aromatic rings. The molecule has 0 aliphatic rings. The average Bonchev–Trinajstić information content (AvgIpc) is 2.74. The monoisotopic (exact) mass is 205 g/mol. The molecule has 0 spiro atoms. The number of hydrogen-bond donors (Lipinski definition) is 2. The summed E-state index contributed by atoms with van der Waals surface area (Å²) in [6.45, 7) is 1.87. The predicted molar refractivity (Wildman–Crippen MR) is 56.0 cm³/mol. The second-order valence-corrected chi connectivity index (χ2v) is 3.57. The molecule has 78 valence electrons. The molecule has 1 aromatic heterocycles. The van der Waals surface area contributed by atoms with Gasteiger partial charge in [0.1, 0.15) is 11.9 Å². The lowest BCUT2D eigenvalue weighted by atomic mass is 10.0. The second-order valence-electron chi connectivity index (χ2n) is 3.57. The number of aliphatic hydroxyl groups excluding tert-OH is 1. The highest BCUT2D eigenvalue weighted by atomic mass is 19.1. The van der Waals surface area contributed by atoms with Gasteiger partial charge >= 0.3 is 0 Å². The maximum Gasteiger partial charge on any atom is 0.129 e. The molecular formula is C12H12FNO. The standard InChI is InChI=1S/C12H12FNO/c1-8-2-3-11(13)10(6-8)12(15)9-4-5-14-7-9/h2-7,12,14-15H,1H3. The Morgan fingerprint density at radius 3 is 2.80 bits per heavy atom. The number of aromatic amines is 1. The van der Waals surface area contributed by atoms with Gasteiger partial charge < -0.3 is 10.1 Å². The van der Waals surface area contributed by atoms with Crippen LogP contribution in [-0.4, -0.2) is 10.1 Å². The van der Waals surface area contributed by atoms with E-state index in [2.05, 4.69) is 4.98 Å². The summed E-state index contributed by atoms with van der Waals surface area (Å²) < 4.78 is 13.4. The number of rotatable bonds is 2. The Balaban J connectivity index is 2.41. The molecule has 1 unspecified atom stereocenters. The van der Waals surface area contributed by atoms with Crippen molar-refractivity contribution >= 4 is 0 Å². The van der Waals surface area contributed by atoms with Crippen molar-refractivity contribution in [3.8, 4) is 0 Å². The minimum Gasteiger partial charge on any atom is -0.383 e. The number of aryl methyl sites for hydroxylation is 1. The summed E-state index contributed by atoms with van der Waals surface area (Å²) in [6.07, 6.45) is 2.45. The third kappa shape index (κ3) is 1.92.